The monoisotopic (exact) mass is 386 g/mol. The van der Waals surface area contributed by atoms with Gasteiger partial charge in [-0.05, 0) is 42.4 Å². The molecule has 0 fully saturated rings. The molecule has 2 aromatic rings. The SMILES string of the molecule is O=C(NC(=S)NCCc1cccc(C(F)(F)F)c1)c1ccccc1Cl. The number of benzene rings is 2. The summed E-state index contributed by atoms with van der Waals surface area (Å²) in [5.74, 6) is -0.456. The zero-order valence-corrected chi connectivity index (χ0v) is 14.4. The van der Waals surface area contributed by atoms with E-state index in [4.69, 9.17) is 23.8 Å². The van der Waals surface area contributed by atoms with Crippen molar-refractivity contribution < 1.29 is 18.0 Å². The molecule has 8 heteroatoms. The Morgan fingerprint density at radius 3 is 2.52 bits per heavy atom. The lowest BCUT2D eigenvalue weighted by Crippen LogP contribution is -2.40. The van der Waals surface area contributed by atoms with Crippen molar-refractivity contribution in [2.45, 2.75) is 12.6 Å². The van der Waals surface area contributed by atoms with Crippen molar-refractivity contribution >= 4 is 34.8 Å². The van der Waals surface area contributed by atoms with Crippen molar-refractivity contribution in [2.75, 3.05) is 6.54 Å². The molecule has 0 atom stereocenters. The van der Waals surface area contributed by atoms with Crippen LogP contribution < -0.4 is 10.6 Å². The van der Waals surface area contributed by atoms with Crippen molar-refractivity contribution in [3.05, 3.63) is 70.2 Å². The highest BCUT2D eigenvalue weighted by Gasteiger charge is 2.30. The zero-order valence-electron chi connectivity index (χ0n) is 12.9. The minimum atomic E-state index is -4.37. The molecule has 0 aliphatic heterocycles. The minimum Gasteiger partial charge on any atom is -0.362 e. The van der Waals surface area contributed by atoms with Gasteiger partial charge in [-0.3, -0.25) is 10.1 Å². The van der Waals surface area contributed by atoms with Gasteiger partial charge in [0.05, 0.1) is 16.1 Å². The summed E-state index contributed by atoms with van der Waals surface area (Å²) in [6, 6.07) is 11.6. The van der Waals surface area contributed by atoms with Crippen LogP contribution in [0.4, 0.5) is 13.2 Å². The lowest BCUT2D eigenvalue weighted by molar-refractivity contribution is -0.137. The molecule has 0 saturated heterocycles. The van der Waals surface area contributed by atoms with Crippen LogP contribution in [-0.2, 0) is 12.6 Å². The minimum absolute atomic E-state index is 0.0805. The third-order valence-electron chi connectivity index (χ3n) is 3.30. The fraction of sp³-hybridized carbons (Fsp3) is 0.176. The molecule has 0 heterocycles. The number of hydrogen-bond acceptors (Lipinski definition) is 2. The fourth-order valence-corrected chi connectivity index (χ4v) is 2.50. The van der Waals surface area contributed by atoms with Crippen LogP contribution in [0.5, 0.6) is 0 Å². The highest BCUT2D eigenvalue weighted by atomic mass is 35.5. The van der Waals surface area contributed by atoms with Gasteiger partial charge >= 0.3 is 6.18 Å². The Balaban J connectivity index is 1.85. The first kappa shape index (κ1) is 19.2. The first-order chi connectivity index (χ1) is 11.8. The van der Waals surface area contributed by atoms with Gasteiger partial charge < -0.3 is 5.32 Å². The van der Waals surface area contributed by atoms with Crippen LogP contribution in [-0.4, -0.2) is 17.6 Å². The first-order valence-electron chi connectivity index (χ1n) is 7.27. The number of alkyl halides is 3. The normalized spacial score (nSPS) is 11.0. The molecule has 0 unspecified atom stereocenters. The summed E-state index contributed by atoms with van der Waals surface area (Å²) in [5, 5.41) is 5.64. The van der Waals surface area contributed by atoms with Gasteiger partial charge in [0, 0.05) is 6.54 Å². The second-order valence-electron chi connectivity index (χ2n) is 5.14. The highest BCUT2D eigenvalue weighted by molar-refractivity contribution is 7.80. The van der Waals surface area contributed by atoms with Gasteiger partial charge in [0.25, 0.3) is 5.91 Å². The average Bonchev–Trinajstić information content (AvgIpc) is 2.54. The van der Waals surface area contributed by atoms with Crippen molar-refractivity contribution in [1.82, 2.24) is 10.6 Å². The van der Waals surface area contributed by atoms with Gasteiger partial charge in [0.15, 0.2) is 5.11 Å². The zero-order chi connectivity index (χ0) is 18.4. The maximum Gasteiger partial charge on any atom is 0.416 e. The topological polar surface area (TPSA) is 41.1 Å². The molecule has 1 amide bonds. The smallest absolute Gasteiger partial charge is 0.362 e. The number of hydrogen-bond donors (Lipinski definition) is 2. The summed E-state index contributed by atoms with van der Waals surface area (Å²) in [4.78, 5) is 12.0. The van der Waals surface area contributed by atoms with Crippen LogP contribution in [0.3, 0.4) is 0 Å². The van der Waals surface area contributed by atoms with Crippen molar-refractivity contribution in [1.29, 1.82) is 0 Å². The lowest BCUT2D eigenvalue weighted by Gasteiger charge is -2.11. The third-order valence-corrected chi connectivity index (χ3v) is 3.88. The van der Waals surface area contributed by atoms with E-state index in [-0.39, 0.29) is 17.2 Å². The molecule has 0 spiro atoms. The van der Waals surface area contributed by atoms with Crippen LogP contribution in [0.1, 0.15) is 21.5 Å². The predicted molar refractivity (Wildman–Crippen MR) is 94.7 cm³/mol. The van der Waals surface area contributed by atoms with E-state index >= 15 is 0 Å². The molecule has 2 rings (SSSR count). The van der Waals surface area contributed by atoms with Gasteiger partial charge in [0.2, 0.25) is 0 Å². The Morgan fingerprint density at radius 1 is 1.12 bits per heavy atom. The summed E-state index contributed by atoms with van der Waals surface area (Å²) >= 11 is 10.9. The summed E-state index contributed by atoms with van der Waals surface area (Å²) in [7, 11) is 0. The number of rotatable bonds is 4. The molecule has 0 aliphatic rings. The number of carbonyl (C=O) groups excluding carboxylic acids is 1. The highest BCUT2D eigenvalue weighted by Crippen LogP contribution is 2.29. The standard InChI is InChI=1S/C17H14ClF3N2OS/c18-14-7-2-1-6-13(14)15(24)23-16(25)22-9-8-11-4-3-5-12(10-11)17(19,20)21/h1-7,10H,8-9H2,(H2,22,23,24,25). The van der Waals surface area contributed by atoms with Crippen molar-refractivity contribution in [2.24, 2.45) is 0 Å². The number of carbonyl (C=O) groups is 1. The van der Waals surface area contributed by atoms with Gasteiger partial charge in [-0.2, -0.15) is 13.2 Å². The Hall–Kier alpha value is -2.12. The first-order valence-corrected chi connectivity index (χ1v) is 8.06. The van der Waals surface area contributed by atoms with Gasteiger partial charge in [0.1, 0.15) is 0 Å². The van der Waals surface area contributed by atoms with E-state index in [9.17, 15) is 18.0 Å². The number of halogens is 4. The van der Waals surface area contributed by atoms with Crippen LogP contribution >= 0.6 is 23.8 Å². The van der Waals surface area contributed by atoms with E-state index in [2.05, 4.69) is 10.6 Å². The average molecular weight is 387 g/mol. The Labute approximate surface area is 153 Å². The predicted octanol–water partition coefficient (Wildman–Crippen LogP) is 4.21. The van der Waals surface area contributed by atoms with Gasteiger partial charge in [-0.15, -0.1) is 0 Å². The van der Waals surface area contributed by atoms with Gasteiger partial charge in [-0.25, -0.2) is 0 Å². The molecular weight excluding hydrogens is 373 g/mol. The lowest BCUT2D eigenvalue weighted by atomic mass is 10.1. The Bertz CT molecular complexity index is 780. The second-order valence-corrected chi connectivity index (χ2v) is 5.95. The molecule has 0 bridgehead atoms. The third kappa shape index (κ3) is 5.72. The van der Waals surface area contributed by atoms with Crippen LogP contribution in [0.25, 0.3) is 0 Å². The molecule has 25 heavy (non-hydrogen) atoms. The van der Waals surface area contributed by atoms with E-state index in [1.807, 2.05) is 0 Å². The molecule has 0 radical (unpaired) electrons. The summed E-state index contributed by atoms with van der Waals surface area (Å²) in [6.45, 7) is 0.281. The summed E-state index contributed by atoms with van der Waals surface area (Å²) in [5.41, 5.74) is 0.105. The maximum atomic E-state index is 12.7. The summed E-state index contributed by atoms with van der Waals surface area (Å²) < 4.78 is 38.0. The molecule has 132 valence electrons. The second kappa shape index (κ2) is 8.31. The van der Waals surface area contributed by atoms with E-state index in [0.29, 0.717) is 17.0 Å². The number of nitrogens with one attached hydrogen (secondary N) is 2. The van der Waals surface area contributed by atoms with Gasteiger partial charge in [-0.1, -0.05) is 41.9 Å². The van der Waals surface area contributed by atoms with E-state index in [0.717, 1.165) is 12.1 Å². The molecule has 0 aromatic heterocycles. The van der Waals surface area contributed by atoms with Crippen molar-refractivity contribution in [3.8, 4) is 0 Å². The van der Waals surface area contributed by atoms with E-state index in [1.54, 1.807) is 30.3 Å². The molecule has 0 aliphatic carbocycles. The Morgan fingerprint density at radius 2 is 1.84 bits per heavy atom. The largest absolute Gasteiger partial charge is 0.416 e. The molecule has 0 saturated carbocycles. The maximum absolute atomic E-state index is 12.7. The molecule has 2 aromatic carbocycles. The van der Waals surface area contributed by atoms with Crippen LogP contribution in [0, 0.1) is 0 Å². The molecule has 2 N–H and O–H groups in total. The Kier molecular flexibility index (Phi) is 6.39. The van der Waals surface area contributed by atoms with E-state index in [1.165, 1.54) is 6.07 Å². The number of thiocarbonyl (C=S) groups is 1. The fourth-order valence-electron chi connectivity index (χ4n) is 2.08. The van der Waals surface area contributed by atoms with Crippen LogP contribution in [0.15, 0.2) is 48.5 Å². The quantitative estimate of drug-likeness (QED) is 0.773. The summed E-state index contributed by atoms with van der Waals surface area (Å²) in [6.07, 6.45) is -4.05. The van der Waals surface area contributed by atoms with Crippen molar-refractivity contribution in [3.63, 3.8) is 0 Å². The van der Waals surface area contributed by atoms with Crippen LogP contribution in [0.2, 0.25) is 5.02 Å². The number of amides is 1. The molecule has 3 nitrogen and oxygen atoms in total. The molecular formula is C17H14ClF3N2OS. The van der Waals surface area contributed by atoms with E-state index < -0.39 is 17.6 Å².